The lowest BCUT2D eigenvalue weighted by molar-refractivity contribution is -0.403. The maximum absolute atomic E-state index is 12.2. The molecule has 0 atom stereocenters. The normalized spacial score (nSPS) is 17.6. The van der Waals surface area contributed by atoms with Gasteiger partial charge in [0.05, 0.1) is 30.8 Å². The van der Waals surface area contributed by atoms with Gasteiger partial charge in [-0.05, 0) is 53.4 Å². The van der Waals surface area contributed by atoms with Crippen LogP contribution in [-0.4, -0.2) is 26.0 Å². The summed E-state index contributed by atoms with van der Waals surface area (Å²) in [6, 6.07) is 23.3. The molecule has 5 nitrogen and oxygen atoms in total. The van der Waals surface area contributed by atoms with Gasteiger partial charge in [0.1, 0.15) is 0 Å². The van der Waals surface area contributed by atoms with E-state index in [9.17, 15) is 4.79 Å². The first-order chi connectivity index (χ1) is 15.1. The maximum atomic E-state index is 12.2. The summed E-state index contributed by atoms with van der Waals surface area (Å²) < 4.78 is 23.1. The lowest BCUT2D eigenvalue weighted by Gasteiger charge is -2.44. The van der Waals surface area contributed by atoms with Gasteiger partial charge in [0.2, 0.25) is 0 Å². The zero-order valence-electron chi connectivity index (χ0n) is 17.0. The van der Waals surface area contributed by atoms with Crippen molar-refractivity contribution in [3.63, 3.8) is 0 Å². The molecule has 1 saturated heterocycles. The molecule has 0 amide bonds. The fourth-order valence-corrected chi connectivity index (χ4v) is 4.57. The standard InChI is InChI=1S/C25H21ClO5/c1-2-28-23(27)31-25(17-11-13-18(26)14-12-17)29-15-24(16-30-25)21-9-5-3-7-19(21)20-8-4-6-10-22(20)24/h3-14H,2,15-16H2,1H3. The van der Waals surface area contributed by atoms with E-state index in [1.54, 1.807) is 31.2 Å². The predicted molar refractivity (Wildman–Crippen MR) is 116 cm³/mol. The van der Waals surface area contributed by atoms with Crippen LogP contribution >= 0.6 is 11.6 Å². The molecule has 1 aliphatic heterocycles. The van der Waals surface area contributed by atoms with Crippen LogP contribution in [0.2, 0.25) is 5.02 Å². The topological polar surface area (TPSA) is 54.0 Å². The Bertz CT molecular complexity index is 1070. The molecule has 0 unspecified atom stereocenters. The van der Waals surface area contributed by atoms with Gasteiger partial charge in [0, 0.05) is 5.02 Å². The quantitative estimate of drug-likeness (QED) is 0.497. The molecule has 31 heavy (non-hydrogen) atoms. The van der Waals surface area contributed by atoms with Crippen molar-refractivity contribution in [3.8, 4) is 11.1 Å². The van der Waals surface area contributed by atoms with E-state index in [1.165, 1.54) is 0 Å². The fourth-order valence-electron chi connectivity index (χ4n) is 4.44. The van der Waals surface area contributed by atoms with Crippen molar-refractivity contribution in [2.24, 2.45) is 0 Å². The number of ether oxygens (including phenoxy) is 4. The SMILES string of the molecule is CCOC(=O)OC1(c2ccc(Cl)cc2)OCC2(CO1)c1ccccc1-c1ccccc12. The first-order valence-corrected chi connectivity index (χ1v) is 10.5. The summed E-state index contributed by atoms with van der Waals surface area (Å²) >= 11 is 6.05. The summed E-state index contributed by atoms with van der Waals surface area (Å²) in [5.74, 6) is -1.71. The first-order valence-electron chi connectivity index (χ1n) is 10.2. The Kier molecular flexibility index (Phi) is 4.97. The molecule has 3 aromatic rings. The summed E-state index contributed by atoms with van der Waals surface area (Å²) in [5.41, 5.74) is 4.63. The molecule has 3 aromatic carbocycles. The summed E-state index contributed by atoms with van der Waals surface area (Å²) in [5, 5.41) is 0.556. The molecular weight excluding hydrogens is 416 g/mol. The summed E-state index contributed by atoms with van der Waals surface area (Å²) in [4.78, 5) is 12.2. The first kappa shape index (κ1) is 20.1. The van der Waals surface area contributed by atoms with Crippen molar-refractivity contribution in [2.45, 2.75) is 18.3 Å². The number of fused-ring (bicyclic) bond motifs is 5. The minimum absolute atomic E-state index is 0.181. The van der Waals surface area contributed by atoms with Crippen molar-refractivity contribution in [2.75, 3.05) is 19.8 Å². The van der Waals surface area contributed by atoms with E-state index in [-0.39, 0.29) is 19.8 Å². The van der Waals surface area contributed by atoms with Crippen LogP contribution in [0.5, 0.6) is 0 Å². The van der Waals surface area contributed by atoms with Crippen LogP contribution in [-0.2, 0) is 30.3 Å². The van der Waals surface area contributed by atoms with E-state index >= 15 is 0 Å². The highest BCUT2D eigenvalue weighted by molar-refractivity contribution is 6.30. The Morgan fingerprint density at radius 2 is 1.45 bits per heavy atom. The summed E-state index contributed by atoms with van der Waals surface area (Å²) in [6.07, 6.45) is -0.861. The lowest BCUT2D eigenvalue weighted by Crippen LogP contribution is -2.52. The molecule has 6 heteroatoms. The van der Waals surface area contributed by atoms with E-state index in [0.717, 1.165) is 22.3 Å². The maximum Gasteiger partial charge on any atom is 0.512 e. The molecule has 0 aromatic heterocycles. The average Bonchev–Trinajstić information content (AvgIpc) is 3.07. The number of benzene rings is 3. The smallest absolute Gasteiger partial charge is 0.434 e. The molecule has 5 rings (SSSR count). The fraction of sp³-hybridized carbons (Fsp3) is 0.240. The lowest BCUT2D eigenvalue weighted by atomic mass is 9.79. The number of carbonyl (C=O) groups excluding carboxylic acids is 1. The molecule has 0 radical (unpaired) electrons. The van der Waals surface area contributed by atoms with E-state index in [0.29, 0.717) is 10.6 Å². The van der Waals surface area contributed by atoms with Crippen LogP contribution in [0.4, 0.5) is 4.79 Å². The van der Waals surface area contributed by atoms with Gasteiger partial charge in [-0.25, -0.2) is 4.79 Å². The Labute approximate surface area is 185 Å². The Morgan fingerprint density at radius 3 is 2.00 bits per heavy atom. The van der Waals surface area contributed by atoms with Gasteiger partial charge in [0.25, 0.3) is 0 Å². The number of rotatable bonds is 3. The van der Waals surface area contributed by atoms with Crippen LogP contribution in [0.3, 0.4) is 0 Å². The van der Waals surface area contributed by atoms with E-state index in [1.807, 2.05) is 24.3 Å². The molecule has 1 aliphatic carbocycles. The Morgan fingerprint density at radius 1 is 0.903 bits per heavy atom. The largest absolute Gasteiger partial charge is 0.512 e. The second-order valence-corrected chi connectivity index (χ2v) is 8.04. The van der Waals surface area contributed by atoms with E-state index in [2.05, 4.69) is 24.3 Å². The molecule has 0 N–H and O–H groups in total. The van der Waals surface area contributed by atoms with Gasteiger partial charge in [-0.15, -0.1) is 0 Å². The van der Waals surface area contributed by atoms with Gasteiger partial charge >= 0.3 is 12.1 Å². The number of carbonyl (C=O) groups is 1. The van der Waals surface area contributed by atoms with Crippen molar-refractivity contribution in [3.05, 3.63) is 94.5 Å². The van der Waals surface area contributed by atoms with Crippen molar-refractivity contribution >= 4 is 17.8 Å². The average molecular weight is 437 g/mol. The number of hydrogen-bond acceptors (Lipinski definition) is 5. The van der Waals surface area contributed by atoms with E-state index in [4.69, 9.17) is 30.5 Å². The van der Waals surface area contributed by atoms with Gasteiger partial charge in [-0.3, -0.25) is 0 Å². The third-order valence-corrected chi connectivity index (χ3v) is 6.12. The van der Waals surface area contributed by atoms with Crippen molar-refractivity contribution < 1.29 is 23.7 Å². The molecule has 158 valence electrons. The highest BCUT2D eigenvalue weighted by atomic mass is 35.5. The minimum Gasteiger partial charge on any atom is -0.434 e. The highest BCUT2D eigenvalue weighted by Crippen LogP contribution is 2.52. The van der Waals surface area contributed by atoms with Gasteiger partial charge in [0.15, 0.2) is 0 Å². The van der Waals surface area contributed by atoms with Crippen molar-refractivity contribution in [1.82, 2.24) is 0 Å². The second-order valence-electron chi connectivity index (χ2n) is 7.60. The van der Waals surface area contributed by atoms with Crippen LogP contribution in [0.25, 0.3) is 11.1 Å². The minimum atomic E-state index is -1.71. The molecule has 0 bridgehead atoms. The Hall–Kier alpha value is -2.86. The Balaban J connectivity index is 1.54. The second kappa shape index (κ2) is 7.68. The third kappa shape index (κ3) is 3.21. The van der Waals surface area contributed by atoms with Crippen LogP contribution in [0, 0.1) is 0 Å². The highest BCUT2D eigenvalue weighted by Gasteiger charge is 2.54. The summed E-state index contributed by atoms with van der Waals surface area (Å²) in [7, 11) is 0. The van der Waals surface area contributed by atoms with Crippen LogP contribution < -0.4 is 0 Å². The number of halogens is 1. The molecular formula is C25H21ClO5. The van der Waals surface area contributed by atoms with Crippen LogP contribution in [0.1, 0.15) is 23.6 Å². The third-order valence-electron chi connectivity index (χ3n) is 5.87. The zero-order chi connectivity index (χ0) is 21.5. The monoisotopic (exact) mass is 436 g/mol. The molecule has 1 spiro atoms. The molecule has 2 aliphatic rings. The molecule has 1 heterocycles. The number of hydrogen-bond donors (Lipinski definition) is 0. The van der Waals surface area contributed by atoms with Gasteiger partial charge < -0.3 is 18.9 Å². The van der Waals surface area contributed by atoms with E-state index < -0.39 is 17.5 Å². The summed E-state index contributed by atoms with van der Waals surface area (Å²) in [6.45, 7) is 2.42. The predicted octanol–water partition coefficient (Wildman–Crippen LogP) is 5.64. The molecule has 0 saturated carbocycles. The van der Waals surface area contributed by atoms with Crippen molar-refractivity contribution in [1.29, 1.82) is 0 Å². The zero-order valence-corrected chi connectivity index (χ0v) is 17.7. The molecule has 1 fully saturated rings. The van der Waals surface area contributed by atoms with Gasteiger partial charge in [-0.1, -0.05) is 60.1 Å². The van der Waals surface area contributed by atoms with Crippen LogP contribution in [0.15, 0.2) is 72.8 Å². The van der Waals surface area contributed by atoms with Gasteiger partial charge in [-0.2, -0.15) is 0 Å².